The minimum atomic E-state index is -3.89. The molecule has 0 aliphatic rings. The van der Waals surface area contributed by atoms with Crippen molar-refractivity contribution < 1.29 is 13.2 Å². The van der Waals surface area contributed by atoms with E-state index in [4.69, 9.17) is 11.6 Å². The van der Waals surface area contributed by atoms with E-state index < -0.39 is 15.9 Å². The van der Waals surface area contributed by atoms with Crippen molar-refractivity contribution in [1.29, 1.82) is 0 Å². The summed E-state index contributed by atoms with van der Waals surface area (Å²) in [6.07, 6.45) is 3.59. The van der Waals surface area contributed by atoms with Crippen molar-refractivity contribution in [2.24, 2.45) is 0 Å². The maximum Gasteiger partial charge on any atom is 0.261 e. The number of nitrogens with one attached hydrogen (secondary N) is 2. The topological polar surface area (TPSA) is 93.1 Å². The number of benzene rings is 3. The predicted molar refractivity (Wildman–Crippen MR) is 128 cm³/mol. The molecule has 0 radical (unpaired) electrons. The Bertz CT molecular complexity index is 1350. The highest BCUT2D eigenvalue weighted by molar-refractivity contribution is 7.92. The molecule has 1 heterocycles. The number of hydrogen-bond donors (Lipinski definition) is 2. The summed E-state index contributed by atoms with van der Waals surface area (Å²) < 4.78 is 29.8. The summed E-state index contributed by atoms with van der Waals surface area (Å²) in [6, 6.07) is 21.9. The second kappa shape index (κ2) is 9.89. The average Bonchev–Trinajstić information content (AvgIpc) is 3.32. The Morgan fingerprint density at radius 3 is 2.33 bits per heavy atom. The molecule has 4 rings (SSSR count). The van der Waals surface area contributed by atoms with Crippen LogP contribution in [0.2, 0.25) is 5.02 Å². The molecule has 0 aliphatic carbocycles. The molecule has 0 saturated heterocycles. The lowest BCUT2D eigenvalue weighted by Crippen LogP contribution is -2.25. The number of carbonyl (C=O) groups excluding carboxylic acids is 1. The quantitative estimate of drug-likeness (QED) is 0.393. The second-order valence-electron chi connectivity index (χ2n) is 7.26. The zero-order chi connectivity index (χ0) is 23.3. The number of anilines is 1. The van der Waals surface area contributed by atoms with E-state index in [-0.39, 0.29) is 22.7 Å². The first kappa shape index (κ1) is 22.6. The summed E-state index contributed by atoms with van der Waals surface area (Å²) in [5.41, 5.74) is 2.38. The molecule has 0 fully saturated rings. The van der Waals surface area contributed by atoms with Gasteiger partial charge in [0.25, 0.3) is 15.9 Å². The highest BCUT2D eigenvalue weighted by Crippen LogP contribution is 2.22. The molecule has 1 amide bonds. The van der Waals surface area contributed by atoms with Crippen LogP contribution in [0.3, 0.4) is 0 Å². The van der Waals surface area contributed by atoms with E-state index in [2.05, 4.69) is 15.1 Å². The molecule has 168 valence electrons. The van der Waals surface area contributed by atoms with Gasteiger partial charge in [-0.1, -0.05) is 48.0 Å². The van der Waals surface area contributed by atoms with E-state index in [1.165, 1.54) is 24.3 Å². The van der Waals surface area contributed by atoms with E-state index in [0.717, 1.165) is 11.1 Å². The molecule has 0 atom stereocenters. The summed E-state index contributed by atoms with van der Waals surface area (Å²) in [6.45, 7) is 0.866. The van der Waals surface area contributed by atoms with Crippen molar-refractivity contribution in [2.75, 3.05) is 4.72 Å². The Hall–Kier alpha value is -3.62. The molecule has 0 spiro atoms. The van der Waals surface area contributed by atoms with Gasteiger partial charge < -0.3 is 5.32 Å². The fraction of sp³-hybridized carbons (Fsp3) is 0.0833. The van der Waals surface area contributed by atoms with Crippen LogP contribution in [0.15, 0.2) is 96.2 Å². The number of para-hydroxylation sites is 1. The summed E-state index contributed by atoms with van der Waals surface area (Å²) in [5.74, 6) is -0.390. The highest BCUT2D eigenvalue weighted by Gasteiger charge is 2.18. The van der Waals surface area contributed by atoms with Crippen molar-refractivity contribution in [1.82, 2.24) is 15.1 Å². The smallest absolute Gasteiger partial charge is 0.261 e. The predicted octanol–water partition coefficient (Wildman–Crippen LogP) is 4.32. The van der Waals surface area contributed by atoms with Gasteiger partial charge in [-0.15, -0.1) is 0 Å². The maximum absolute atomic E-state index is 13.0. The minimum absolute atomic E-state index is 0.0506. The van der Waals surface area contributed by atoms with Crippen molar-refractivity contribution in [3.8, 4) is 0 Å². The van der Waals surface area contributed by atoms with Gasteiger partial charge in [0.1, 0.15) is 0 Å². The lowest BCUT2D eigenvalue weighted by atomic mass is 10.1. The van der Waals surface area contributed by atoms with E-state index in [1.807, 2.05) is 41.2 Å². The van der Waals surface area contributed by atoms with E-state index in [9.17, 15) is 13.2 Å². The largest absolute Gasteiger partial charge is 0.348 e. The van der Waals surface area contributed by atoms with Gasteiger partial charge in [-0.05, 0) is 53.6 Å². The van der Waals surface area contributed by atoms with Crippen LogP contribution in [0, 0.1) is 0 Å². The standard InChI is InChI=1S/C24H21ClN4O3S/c25-20-10-12-21(13-11-20)33(31,32)28-23-9-4-3-8-22(23)24(30)26-16-18-6-1-2-7-19(18)17-29-15-5-14-27-29/h1-15,28H,16-17H2,(H,26,30). The number of rotatable bonds is 8. The Kier molecular flexibility index (Phi) is 6.76. The average molecular weight is 481 g/mol. The van der Waals surface area contributed by atoms with Gasteiger partial charge >= 0.3 is 0 Å². The molecular formula is C24H21ClN4O3S. The number of aromatic nitrogens is 2. The summed E-state index contributed by atoms with van der Waals surface area (Å²) in [7, 11) is -3.89. The van der Waals surface area contributed by atoms with E-state index in [0.29, 0.717) is 11.6 Å². The molecule has 3 aromatic carbocycles. The Balaban J connectivity index is 1.50. The summed E-state index contributed by atoms with van der Waals surface area (Å²) >= 11 is 5.85. The molecule has 7 nitrogen and oxygen atoms in total. The molecule has 33 heavy (non-hydrogen) atoms. The first-order valence-corrected chi connectivity index (χ1v) is 12.0. The number of hydrogen-bond acceptors (Lipinski definition) is 4. The molecule has 1 aromatic heterocycles. The van der Waals surface area contributed by atoms with Crippen molar-refractivity contribution >= 4 is 33.2 Å². The Morgan fingerprint density at radius 2 is 1.61 bits per heavy atom. The van der Waals surface area contributed by atoms with Crippen molar-refractivity contribution in [3.05, 3.63) is 113 Å². The van der Waals surface area contributed by atoms with Crippen LogP contribution >= 0.6 is 11.6 Å². The van der Waals surface area contributed by atoms with Gasteiger partial charge in [0.2, 0.25) is 0 Å². The zero-order valence-corrected chi connectivity index (χ0v) is 19.1. The minimum Gasteiger partial charge on any atom is -0.348 e. The van der Waals surface area contributed by atoms with Gasteiger partial charge in [-0.25, -0.2) is 8.42 Å². The fourth-order valence-electron chi connectivity index (χ4n) is 3.31. The van der Waals surface area contributed by atoms with Crippen molar-refractivity contribution in [2.45, 2.75) is 18.0 Å². The number of nitrogens with zero attached hydrogens (tertiary/aromatic N) is 2. The van der Waals surface area contributed by atoms with E-state index in [1.54, 1.807) is 30.5 Å². The molecule has 0 unspecified atom stereocenters. The third-order valence-electron chi connectivity index (χ3n) is 4.99. The number of halogens is 1. The van der Waals surface area contributed by atoms with Gasteiger partial charge in [-0.3, -0.25) is 14.2 Å². The van der Waals surface area contributed by atoms with Gasteiger partial charge in [0.15, 0.2) is 0 Å². The molecule has 0 bridgehead atoms. The number of carbonyl (C=O) groups is 1. The van der Waals surface area contributed by atoms with Crippen molar-refractivity contribution in [3.63, 3.8) is 0 Å². The molecule has 0 saturated carbocycles. The maximum atomic E-state index is 13.0. The fourth-order valence-corrected chi connectivity index (χ4v) is 4.52. The van der Waals surface area contributed by atoms with Crippen LogP contribution in [0.1, 0.15) is 21.5 Å². The Labute approximate surface area is 197 Å². The lowest BCUT2D eigenvalue weighted by Gasteiger charge is -2.14. The van der Waals surface area contributed by atoms with Crippen LogP contribution < -0.4 is 10.0 Å². The summed E-state index contributed by atoms with van der Waals surface area (Å²) in [5, 5.41) is 7.55. The van der Waals surface area contributed by atoms with Gasteiger partial charge in [0.05, 0.1) is 22.7 Å². The molecular weight excluding hydrogens is 460 g/mol. The monoisotopic (exact) mass is 480 g/mol. The molecule has 4 aromatic rings. The normalized spacial score (nSPS) is 11.2. The van der Waals surface area contributed by atoms with Crippen LogP contribution in [0.25, 0.3) is 0 Å². The number of sulfonamides is 1. The number of amides is 1. The molecule has 2 N–H and O–H groups in total. The van der Waals surface area contributed by atoms with Gasteiger partial charge in [-0.2, -0.15) is 5.10 Å². The summed E-state index contributed by atoms with van der Waals surface area (Å²) in [4.78, 5) is 13.0. The molecule has 0 aliphatic heterocycles. The van der Waals surface area contributed by atoms with Crippen LogP contribution in [-0.4, -0.2) is 24.1 Å². The SMILES string of the molecule is O=C(NCc1ccccc1Cn1cccn1)c1ccccc1NS(=O)(=O)c1ccc(Cl)cc1. The first-order chi connectivity index (χ1) is 15.9. The second-order valence-corrected chi connectivity index (χ2v) is 9.38. The third-order valence-corrected chi connectivity index (χ3v) is 6.62. The molecule has 9 heteroatoms. The highest BCUT2D eigenvalue weighted by atomic mass is 35.5. The lowest BCUT2D eigenvalue weighted by molar-refractivity contribution is 0.0951. The van der Waals surface area contributed by atoms with Crippen LogP contribution in [-0.2, 0) is 23.1 Å². The Morgan fingerprint density at radius 1 is 0.909 bits per heavy atom. The van der Waals surface area contributed by atoms with Crippen LogP contribution in [0.4, 0.5) is 5.69 Å². The van der Waals surface area contributed by atoms with Gasteiger partial charge in [0, 0.05) is 24.0 Å². The third kappa shape index (κ3) is 5.60. The van der Waals surface area contributed by atoms with Crippen LogP contribution in [0.5, 0.6) is 0 Å². The van der Waals surface area contributed by atoms with E-state index >= 15 is 0 Å². The first-order valence-electron chi connectivity index (χ1n) is 10.1. The zero-order valence-electron chi connectivity index (χ0n) is 17.5.